The number of nitrogens with zero attached hydrogens (tertiary/aromatic N) is 1. The maximum Gasteiger partial charge on any atom is 0.307 e. The van der Waals surface area contributed by atoms with Crippen molar-refractivity contribution in [3.63, 3.8) is 0 Å². The Balaban J connectivity index is 1.67. The number of amides is 1. The molecule has 0 unspecified atom stereocenters. The molecule has 0 radical (unpaired) electrons. The number of anilines is 1. The fourth-order valence-corrected chi connectivity index (χ4v) is 3.69. The summed E-state index contributed by atoms with van der Waals surface area (Å²) < 4.78 is 9.05. The Bertz CT molecular complexity index is 1000. The predicted molar refractivity (Wildman–Crippen MR) is 105 cm³/mol. The van der Waals surface area contributed by atoms with Crippen LogP contribution in [0.1, 0.15) is 11.1 Å². The molecule has 1 heterocycles. The number of ether oxygens (including phenoxy) is 1. The van der Waals surface area contributed by atoms with Gasteiger partial charge in [0.25, 0.3) is 5.91 Å². The van der Waals surface area contributed by atoms with Crippen LogP contribution in [-0.2, 0) is 11.8 Å². The van der Waals surface area contributed by atoms with Gasteiger partial charge in [-0.25, -0.2) is 0 Å². The Morgan fingerprint density at radius 1 is 1.24 bits per heavy atom. The number of hydrogen-bond donors (Lipinski definition) is 1. The van der Waals surface area contributed by atoms with E-state index in [2.05, 4.69) is 21.2 Å². The molecule has 3 aromatic rings. The van der Waals surface area contributed by atoms with Gasteiger partial charge in [0, 0.05) is 17.2 Å². The number of nitrogens with one attached hydrogen (secondary N) is 1. The van der Waals surface area contributed by atoms with Crippen molar-refractivity contribution < 1.29 is 9.53 Å². The van der Waals surface area contributed by atoms with Crippen molar-refractivity contribution in [3.8, 4) is 5.75 Å². The standard InChI is InChI=1S/C18H17BrN2O3S/c1-10-6-13(7-11(2)17(10)19)24-9-16(22)20-12-4-5-14-15(8-12)25-18(23)21(14)3/h4-8H,9H2,1-3H3,(H,20,22). The van der Waals surface area contributed by atoms with Crippen molar-refractivity contribution >= 4 is 49.1 Å². The van der Waals surface area contributed by atoms with Crippen molar-refractivity contribution in [2.75, 3.05) is 11.9 Å². The van der Waals surface area contributed by atoms with Crippen molar-refractivity contribution in [3.05, 3.63) is 55.6 Å². The number of carbonyl (C=O) groups excluding carboxylic acids is 1. The summed E-state index contributed by atoms with van der Waals surface area (Å²) in [4.78, 5) is 23.8. The first kappa shape index (κ1) is 17.7. The number of benzene rings is 2. The molecule has 5 nitrogen and oxygen atoms in total. The molecule has 0 aliphatic carbocycles. The van der Waals surface area contributed by atoms with Crippen LogP contribution in [0.15, 0.2) is 39.6 Å². The number of aromatic nitrogens is 1. The smallest absolute Gasteiger partial charge is 0.307 e. The first-order valence-corrected chi connectivity index (χ1v) is 9.25. The zero-order valence-electron chi connectivity index (χ0n) is 14.1. The lowest BCUT2D eigenvalue weighted by atomic mass is 10.1. The van der Waals surface area contributed by atoms with E-state index in [1.165, 1.54) is 0 Å². The van der Waals surface area contributed by atoms with E-state index in [-0.39, 0.29) is 17.4 Å². The van der Waals surface area contributed by atoms with Gasteiger partial charge in [-0.05, 0) is 55.3 Å². The van der Waals surface area contributed by atoms with Gasteiger partial charge in [-0.15, -0.1) is 0 Å². The lowest BCUT2D eigenvalue weighted by Crippen LogP contribution is -2.20. The fourth-order valence-electron chi connectivity index (χ4n) is 2.55. The highest BCUT2D eigenvalue weighted by atomic mass is 79.9. The van der Waals surface area contributed by atoms with Crippen LogP contribution in [0.2, 0.25) is 0 Å². The summed E-state index contributed by atoms with van der Waals surface area (Å²) in [5.41, 5.74) is 3.61. The van der Waals surface area contributed by atoms with Crippen LogP contribution in [0.4, 0.5) is 5.69 Å². The number of aryl methyl sites for hydroxylation is 3. The largest absolute Gasteiger partial charge is 0.484 e. The van der Waals surface area contributed by atoms with E-state index in [4.69, 9.17) is 4.74 Å². The maximum absolute atomic E-state index is 12.1. The Labute approximate surface area is 157 Å². The van der Waals surface area contributed by atoms with Gasteiger partial charge in [-0.2, -0.15) is 0 Å². The van der Waals surface area contributed by atoms with E-state index in [0.717, 1.165) is 37.2 Å². The molecule has 3 rings (SSSR count). The molecular formula is C18H17BrN2O3S. The summed E-state index contributed by atoms with van der Waals surface area (Å²) in [6.07, 6.45) is 0. The average Bonchev–Trinajstić information content (AvgIpc) is 2.84. The van der Waals surface area contributed by atoms with Crippen molar-refractivity contribution in [2.45, 2.75) is 13.8 Å². The van der Waals surface area contributed by atoms with E-state index in [9.17, 15) is 9.59 Å². The summed E-state index contributed by atoms with van der Waals surface area (Å²) in [5.74, 6) is 0.408. The van der Waals surface area contributed by atoms with E-state index in [1.54, 1.807) is 23.7 Å². The second kappa shape index (κ2) is 7.01. The number of carbonyl (C=O) groups is 1. The summed E-state index contributed by atoms with van der Waals surface area (Å²) in [6.45, 7) is 3.87. The summed E-state index contributed by atoms with van der Waals surface area (Å²) >= 11 is 4.66. The molecule has 2 aromatic carbocycles. The third kappa shape index (κ3) is 3.77. The van der Waals surface area contributed by atoms with Crippen molar-refractivity contribution in [2.24, 2.45) is 7.05 Å². The maximum atomic E-state index is 12.1. The summed E-state index contributed by atoms with van der Waals surface area (Å²) in [6, 6.07) is 9.17. The number of halogens is 1. The highest BCUT2D eigenvalue weighted by Gasteiger charge is 2.09. The molecule has 0 bridgehead atoms. The van der Waals surface area contributed by atoms with Crippen LogP contribution in [0.3, 0.4) is 0 Å². The van der Waals surface area contributed by atoms with Gasteiger partial charge < -0.3 is 14.6 Å². The molecule has 0 spiro atoms. The number of hydrogen-bond acceptors (Lipinski definition) is 4. The van der Waals surface area contributed by atoms with Crippen LogP contribution in [-0.4, -0.2) is 17.1 Å². The van der Waals surface area contributed by atoms with Gasteiger partial charge in [-0.3, -0.25) is 9.59 Å². The van der Waals surface area contributed by atoms with Gasteiger partial charge in [0.05, 0.1) is 10.2 Å². The third-order valence-corrected chi connectivity index (χ3v) is 6.10. The van der Waals surface area contributed by atoms with E-state index < -0.39 is 0 Å². The number of fused-ring (bicyclic) bond motifs is 1. The number of thiazole rings is 1. The van der Waals surface area contributed by atoms with Gasteiger partial charge in [0.15, 0.2) is 6.61 Å². The molecule has 0 aliphatic heterocycles. The van der Waals surface area contributed by atoms with Crippen LogP contribution >= 0.6 is 27.3 Å². The lowest BCUT2D eigenvalue weighted by molar-refractivity contribution is -0.118. The minimum Gasteiger partial charge on any atom is -0.484 e. The van der Waals surface area contributed by atoms with Crippen LogP contribution in [0.5, 0.6) is 5.75 Å². The summed E-state index contributed by atoms with van der Waals surface area (Å²) in [7, 11) is 1.73. The molecule has 1 N–H and O–H groups in total. The minimum atomic E-state index is -0.249. The van der Waals surface area contributed by atoms with E-state index >= 15 is 0 Å². The van der Waals surface area contributed by atoms with Crippen molar-refractivity contribution in [1.29, 1.82) is 0 Å². The Kier molecular flexibility index (Phi) is 4.96. The molecule has 0 aliphatic rings. The monoisotopic (exact) mass is 420 g/mol. The highest BCUT2D eigenvalue weighted by Crippen LogP contribution is 2.26. The fraction of sp³-hybridized carbons (Fsp3) is 0.222. The third-order valence-electron chi connectivity index (χ3n) is 3.86. The van der Waals surface area contributed by atoms with Crippen molar-refractivity contribution in [1.82, 2.24) is 4.57 Å². The van der Waals surface area contributed by atoms with Crippen LogP contribution in [0.25, 0.3) is 10.2 Å². The molecule has 7 heteroatoms. The van der Waals surface area contributed by atoms with E-state index in [1.807, 2.05) is 32.0 Å². The minimum absolute atomic E-state index is 0.0252. The van der Waals surface area contributed by atoms with Gasteiger partial charge >= 0.3 is 4.87 Å². The number of rotatable bonds is 4. The topological polar surface area (TPSA) is 60.3 Å². The second-order valence-corrected chi connectivity index (χ2v) is 7.60. The molecule has 25 heavy (non-hydrogen) atoms. The SMILES string of the molecule is Cc1cc(OCC(=O)Nc2ccc3c(c2)sc(=O)n3C)cc(C)c1Br. The first-order valence-electron chi connectivity index (χ1n) is 7.64. The Morgan fingerprint density at radius 3 is 2.60 bits per heavy atom. The molecule has 0 atom stereocenters. The molecule has 1 amide bonds. The summed E-state index contributed by atoms with van der Waals surface area (Å²) in [5, 5.41) is 2.80. The van der Waals surface area contributed by atoms with Gasteiger partial charge in [0.2, 0.25) is 0 Å². The highest BCUT2D eigenvalue weighted by molar-refractivity contribution is 9.10. The van der Waals surface area contributed by atoms with Crippen LogP contribution < -0.4 is 14.9 Å². The first-order chi connectivity index (χ1) is 11.8. The van der Waals surface area contributed by atoms with Crippen LogP contribution in [0, 0.1) is 13.8 Å². The lowest BCUT2D eigenvalue weighted by Gasteiger charge is -2.10. The molecule has 1 aromatic heterocycles. The Hall–Kier alpha value is -2.12. The molecule has 0 saturated heterocycles. The quantitative estimate of drug-likeness (QED) is 0.693. The molecular weight excluding hydrogens is 404 g/mol. The van der Waals surface area contributed by atoms with Gasteiger partial charge in [0.1, 0.15) is 5.75 Å². The van der Waals surface area contributed by atoms with E-state index in [0.29, 0.717) is 11.4 Å². The predicted octanol–water partition coefficient (Wildman–Crippen LogP) is 4.00. The average molecular weight is 421 g/mol. The zero-order valence-corrected chi connectivity index (χ0v) is 16.5. The molecule has 130 valence electrons. The van der Waals surface area contributed by atoms with Gasteiger partial charge in [-0.1, -0.05) is 27.3 Å². The second-order valence-electron chi connectivity index (χ2n) is 5.82. The molecule has 0 fully saturated rings. The molecule has 0 saturated carbocycles. The normalized spacial score (nSPS) is 10.9. The zero-order chi connectivity index (χ0) is 18.1. The Morgan fingerprint density at radius 2 is 1.92 bits per heavy atom.